The van der Waals surface area contributed by atoms with E-state index in [9.17, 15) is 0 Å². The van der Waals surface area contributed by atoms with Gasteiger partial charge in [-0.25, -0.2) is 6.57 Å². The van der Waals surface area contributed by atoms with E-state index >= 15 is 0 Å². The lowest BCUT2D eigenvalue weighted by Gasteiger charge is -1.87. The van der Waals surface area contributed by atoms with Crippen LogP contribution in [0.5, 0.6) is 0 Å². The number of nitrogens with zero attached hydrogens (tertiary/aromatic N) is 3. The highest BCUT2D eigenvalue weighted by atomic mass is 15.2. The quantitative estimate of drug-likeness (QED) is 0.579. The van der Waals surface area contributed by atoms with Crippen LogP contribution < -0.4 is 0 Å². The maximum Gasteiger partial charge on any atom is 0.218 e. The number of hydrogen-bond acceptors (Lipinski definition) is 1. The summed E-state index contributed by atoms with van der Waals surface area (Å²) in [4.78, 5) is 3.29. The second kappa shape index (κ2) is 3.20. The van der Waals surface area contributed by atoms with Crippen LogP contribution in [0.15, 0.2) is 6.20 Å². The van der Waals surface area contributed by atoms with Gasteiger partial charge in [0.05, 0.1) is 5.69 Å². The third-order valence-corrected chi connectivity index (χ3v) is 1.61. The van der Waals surface area contributed by atoms with Crippen molar-refractivity contribution < 1.29 is 0 Å². The molecule has 0 saturated heterocycles. The fraction of sp³-hybridized carbons (Fsp3) is 0.500. The first-order valence-corrected chi connectivity index (χ1v) is 3.56. The Labute approximate surface area is 66.5 Å². The van der Waals surface area contributed by atoms with E-state index in [1.807, 2.05) is 20.2 Å². The smallest absolute Gasteiger partial charge is 0.218 e. The molecule has 1 aromatic rings. The van der Waals surface area contributed by atoms with Crippen LogP contribution in [0, 0.1) is 13.5 Å². The van der Waals surface area contributed by atoms with E-state index in [2.05, 4.69) is 9.94 Å². The molecule has 0 fully saturated rings. The fourth-order valence-corrected chi connectivity index (χ4v) is 1.07. The lowest BCUT2D eigenvalue weighted by atomic mass is 10.2. The van der Waals surface area contributed by atoms with Crippen LogP contribution in [-0.4, -0.2) is 16.3 Å². The van der Waals surface area contributed by atoms with Crippen LogP contribution in [0.25, 0.3) is 4.85 Å². The summed E-state index contributed by atoms with van der Waals surface area (Å²) in [6.07, 6.45) is 2.80. The Morgan fingerprint density at radius 1 is 1.73 bits per heavy atom. The third kappa shape index (κ3) is 1.81. The largest absolute Gasteiger partial charge is 0.317 e. The van der Waals surface area contributed by atoms with Gasteiger partial charge in [-0.2, -0.15) is 5.10 Å². The van der Waals surface area contributed by atoms with Crippen LogP contribution in [0.3, 0.4) is 0 Å². The molecule has 3 heteroatoms. The fourth-order valence-electron chi connectivity index (χ4n) is 1.07. The Bertz CT molecular complexity index is 280. The predicted molar refractivity (Wildman–Crippen MR) is 43.1 cm³/mol. The molecule has 0 aliphatic carbocycles. The molecule has 1 aromatic heterocycles. The van der Waals surface area contributed by atoms with Crippen molar-refractivity contribution in [3.63, 3.8) is 0 Å². The molecule has 0 atom stereocenters. The molecule has 1 heterocycles. The highest BCUT2D eigenvalue weighted by molar-refractivity contribution is 5.15. The first-order chi connectivity index (χ1) is 5.24. The lowest BCUT2D eigenvalue weighted by Crippen LogP contribution is -1.87. The molecule has 1 rings (SSSR count). The molecule has 0 unspecified atom stereocenters. The molecule has 0 aliphatic rings. The van der Waals surface area contributed by atoms with Crippen molar-refractivity contribution in [1.82, 2.24) is 9.78 Å². The molecule has 0 saturated carbocycles. The molecule has 0 N–H and O–H groups in total. The number of hydrogen-bond donors (Lipinski definition) is 0. The van der Waals surface area contributed by atoms with Gasteiger partial charge in [0.25, 0.3) is 0 Å². The summed E-state index contributed by atoms with van der Waals surface area (Å²) in [6, 6.07) is 0. The predicted octanol–water partition coefficient (Wildman–Crippen LogP) is 1.19. The van der Waals surface area contributed by atoms with Gasteiger partial charge in [0, 0.05) is 25.2 Å². The van der Waals surface area contributed by atoms with Crippen molar-refractivity contribution in [3.8, 4) is 0 Å². The normalized spacial score (nSPS) is 9.55. The Hall–Kier alpha value is -1.30. The van der Waals surface area contributed by atoms with Crippen molar-refractivity contribution >= 4 is 0 Å². The highest BCUT2D eigenvalue weighted by Crippen LogP contribution is 2.04. The molecule has 3 nitrogen and oxygen atoms in total. The number of rotatable bonds is 2. The minimum absolute atomic E-state index is 0.562. The topological polar surface area (TPSA) is 22.2 Å². The lowest BCUT2D eigenvalue weighted by molar-refractivity contribution is 0.756. The van der Waals surface area contributed by atoms with Gasteiger partial charge >= 0.3 is 0 Å². The van der Waals surface area contributed by atoms with E-state index < -0.39 is 0 Å². The summed E-state index contributed by atoms with van der Waals surface area (Å²) in [5, 5.41) is 4.18. The molecule has 11 heavy (non-hydrogen) atoms. The van der Waals surface area contributed by atoms with Crippen molar-refractivity contribution in [1.29, 1.82) is 0 Å². The van der Waals surface area contributed by atoms with Gasteiger partial charge in [0.1, 0.15) is 0 Å². The van der Waals surface area contributed by atoms with Gasteiger partial charge in [0.15, 0.2) is 0 Å². The van der Waals surface area contributed by atoms with E-state index in [-0.39, 0.29) is 0 Å². The molecule has 0 aliphatic heterocycles. The highest BCUT2D eigenvalue weighted by Gasteiger charge is 2.02. The summed E-state index contributed by atoms with van der Waals surface area (Å²) in [5.41, 5.74) is 2.22. The van der Waals surface area contributed by atoms with Crippen molar-refractivity contribution in [2.75, 3.05) is 6.54 Å². The Kier molecular flexibility index (Phi) is 2.27. The van der Waals surface area contributed by atoms with Crippen molar-refractivity contribution in [2.45, 2.75) is 13.3 Å². The Balaban J connectivity index is 2.71. The van der Waals surface area contributed by atoms with Crippen LogP contribution >= 0.6 is 0 Å². The molecular formula is C8H11N3. The molecule has 58 valence electrons. The Morgan fingerprint density at radius 3 is 2.91 bits per heavy atom. The molecular weight excluding hydrogens is 138 g/mol. The average Bonchev–Trinajstić information content (AvgIpc) is 2.26. The van der Waals surface area contributed by atoms with Gasteiger partial charge in [-0.3, -0.25) is 4.68 Å². The van der Waals surface area contributed by atoms with Crippen molar-refractivity contribution in [3.05, 3.63) is 28.9 Å². The summed E-state index contributed by atoms with van der Waals surface area (Å²) < 4.78 is 1.79. The van der Waals surface area contributed by atoms with Crippen LogP contribution in [-0.2, 0) is 13.5 Å². The van der Waals surface area contributed by atoms with E-state index in [4.69, 9.17) is 6.57 Å². The Morgan fingerprint density at radius 2 is 2.45 bits per heavy atom. The third-order valence-electron chi connectivity index (χ3n) is 1.61. The second-order valence-corrected chi connectivity index (χ2v) is 2.55. The number of aromatic nitrogens is 2. The number of aryl methyl sites for hydroxylation is 2. The first kappa shape index (κ1) is 7.80. The van der Waals surface area contributed by atoms with Gasteiger partial charge < -0.3 is 4.85 Å². The minimum atomic E-state index is 0.562. The second-order valence-electron chi connectivity index (χ2n) is 2.55. The van der Waals surface area contributed by atoms with Crippen LogP contribution in [0.4, 0.5) is 0 Å². The van der Waals surface area contributed by atoms with Gasteiger partial charge in [0.2, 0.25) is 6.54 Å². The SMILES string of the molecule is [C-]#[N+]CCc1cn(C)nc1C. The monoisotopic (exact) mass is 149 g/mol. The van der Waals surface area contributed by atoms with E-state index in [1.165, 1.54) is 5.56 Å². The summed E-state index contributed by atoms with van der Waals surface area (Å²) in [7, 11) is 1.90. The molecule has 0 aromatic carbocycles. The first-order valence-electron chi connectivity index (χ1n) is 3.56. The van der Waals surface area contributed by atoms with E-state index in [0.717, 1.165) is 12.1 Å². The van der Waals surface area contributed by atoms with Crippen LogP contribution in [0.2, 0.25) is 0 Å². The van der Waals surface area contributed by atoms with E-state index in [0.29, 0.717) is 6.54 Å². The maximum absolute atomic E-state index is 6.63. The summed E-state index contributed by atoms with van der Waals surface area (Å²) in [5.74, 6) is 0. The van der Waals surface area contributed by atoms with Crippen molar-refractivity contribution in [2.24, 2.45) is 7.05 Å². The van der Waals surface area contributed by atoms with Gasteiger partial charge in [-0.1, -0.05) is 0 Å². The maximum atomic E-state index is 6.63. The summed E-state index contributed by atoms with van der Waals surface area (Å²) >= 11 is 0. The van der Waals surface area contributed by atoms with E-state index in [1.54, 1.807) is 4.68 Å². The summed E-state index contributed by atoms with van der Waals surface area (Å²) in [6.45, 7) is 9.16. The zero-order chi connectivity index (χ0) is 8.27. The molecule has 0 amide bonds. The molecule has 0 radical (unpaired) electrons. The zero-order valence-electron chi connectivity index (χ0n) is 6.83. The van der Waals surface area contributed by atoms with Gasteiger partial charge in [-0.05, 0) is 6.92 Å². The van der Waals surface area contributed by atoms with Gasteiger partial charge in [-0.15, -0.1) is 0 Å². The molecule has 0 spiro atoms. The minimum Gasteiger partial charge on any atom is -0.317 e. The average molecular weight is 149 g/mol. The molecule has 0 bridgehead atoms. The van der Waals surface area contributed by atoms with Crippen LogP contribution in [0.1, 0.15) is 11.3 Å². The standard InChI is InChI=1S/C8H11N3/c1-7-8(4-5-9-2)6-11(3)10-7/h6H,4-5H2,1,3H3. The zero-order valence-corrected chi connectivity index (χ0v) is 6.83.